The summed E-state index contributed by atoms with van der Waals surface area (Å²) in [7, 11) is 0. The lowest BCUT2D eigenvalue weighted by Crippen LogP contribution is -2.07. The fraction of sp³-hybridized carbons (Fsp3) is 0.154. The molecule has 0 unspecified atom stereocenters. The van der Waals surface area contributed by atoms with Gasteiger partial charge in [-0.05, 0) is 24.1 Å². The van der Waals surface area contributed by atoms with Crippen molar-refractivity contribution in [2.24, 2.45) is 0 Å². The molecule has 0 aliphatic carbocycles. The van der Waals surface area contributed by atoms with Crippen molar-refractivity contribution in [2.75, 3.05) is 0 Å². The molecule has 0 saturated heterocycles. The molecule has 2 nitrogen and oxygen atoms in total. The van der Waals surface area contributed by atoms with Crippen LogP contribution in [-0.2, 0) is 6.18 Å². The van der Waals surface area contributed by atoms with Gasteiger partial charge < -0.3 is 0 Å². The van der Waals surface area contributed by atoms with Gasteiger partial charge in [0.15, 0.2) is 5.69 Å². The Morgan fingerprint density at radius 2 is 1.84 bits per heavy atom. The SMILES string of the molecule is Cc1[nH]nc(C(F)(F)F)c1-c1ccc(C=CCl)cc1. The molecule has 0 amide bonds. The number of aryl methyl sites for hydroxylation is 1. The Labute approximate surface area is 112 Å². The molecule has 0 saturated carbocycles. The zero-order chi connectivity index (χ0) is 14.0. The number of halogens is 4. The summed E-state index contributed by atoms with van der Waals surface area (Å²) < 4.78 is 38.5. The number of benzene rings is 1. The van der Waals surface area contributed by atoms with Crippen molar-refractivity contribution in [1.82, 2.24) is 10.2 Å². The van der Waals surface area contributed by atoms with Gasteiger partial charge in [-0.25, -0.2) is 0 Å². The lowest BCUT2D eigenvalue weighted by molar-refractivity contribution is -0.140. The maximum absolute atomic E-state index is 12.8. The van der Waals surface area contributed by atoms with E-state index in [9.17, 15) is 13.2 Å². The number of nitrogens with zero attached hydrogens (tertiary/aromatic N) is 1. The minimum absolute atomic E-state index is 0.0777. The van der Waals surface area contributed by atoms with Crippen LogP contribution < -0.4 is 0 Å². The third-order valence-electron chi connectivity index (χ3n) is 2.67. The number of hydrogen-bond donors (Lipinski definition) is 1. The van der Waals surface area contributed by atoms with E-state index < -0.39 is 11.9 Å². The summed E-state index contributed by atoms with van der Waals surface area (Å²) in [4.78, 5) is 0. The Hall–Kier alpha value is -1.75. The number of alkyl halides is 3. The highest BCUT2D eigenvalue weighted by molar-refractivity contribution is 6.27. The molecular formula is C13H10ClF3N2. The molecule has 0 fully saturated rings. The summed E-state index contributed by atoms with van der Waals surface area (Å²) in [6.45, 7) is 1.56. The average Bonchev–Trinajstić information content (AvgIpc) is 2.72. The van der Waals surface area contributed by atoms with E-state index in [1.807, 2.05) is 0 Å². The molecular weight excluding hydrogens is 277 g/mol. The Balaban J connectivity index is 2.50. The van der Waals surface area contributed by atoms with Gasteiger partial charge in [-0.15, -0.1) is 0 Å². The second kappa shape index (κ2) is 5.09. The lowest BCUT2D eigenvalue weighted by atomic mass is 10.0. The Morgan fingerprint density at radius 1 is 1.21 bits per heavy atom. The zero-order valence-electron chi connectivity index (χ0n) is 9.92. The molecule has 1 aromatic heterocycles. The van der Waals surface area contributed by atoms with Gasteiger partial charge in [-0.2, -0.15) is 18.3 Å². The second-order valence-electron chi connectivity index (χ2n) is 3.98. The molecule has 6 heteroatoms. The lowest BCUT2D eigenvalue weighted by Gasteiger charge is -2.07. The number of hydrogen-bond acceptors (Lipinski definition) is 1. The summed E-state index contributed by atoms with van der Waals surface area (Å²) in [5.74, 6) is 0. The van der Waals surface area contributed by atoms with Crippen LogP contribution in [0.25, 0.3) is 17.2 Å². The molecule has 1 N–H and O–H groups in total. The normalized spacial score (nSPS) is 12.3. The van der Waals surface area contributed by atoms with Crippen LogP contribution in [0.3, 0.4) is 0 Å². The molecule has 2 aromatic rings. The quantitative estimate of drug-likeness (QED) is 0.858. The van der Waals surface area contributed by atoms with Crippen molar-refractivity contribution in [3.8, 4) is 11.1 Å². The van der Waals surface area contributed by atoms with E-state index in [1.165, 1.54) is 5.54 Å². The summed E-state index contributed by atoms with van der Waals surface area (Å²) in [5.41, 5.74) is 2.19. The van der Waals surface area contributed by atoms with Gasteiger partial charge >= 0.3 is 6.18 Å². The van der Waals surface area contributed by atoms with Crippen molar-refractivity contribution >= 4 is 17.7 Å². The molecule has 0 atom stereocenters. The van der Waals surface area contributed by atoms with Crippen molar-refractivity contribution in [2.45, 2.75) is 13.1 Å². The van der Waals surface area contributed by atoms with Gasteiger partial charge in [0, 0.05) is 16.8 Å². The molecule has 0 bridgehead atoms. The molecule has 0 aliphatic heterocycles. The number of rotatable bonds is 2. The van der Waals surface area contributed by atoms with Crippen LogP contribution in [0.15, 0.2) is 29.8 Å². The highest BCUT2D eigenvalue weighted by Gasteiger charge is 2.37. The molecule has 1 heterocycles. The van der Waals surface area contributed by atoms with Gasteiger partial charge in [0.1, 0.15) is 0 Å². The maximum Gasteiger partial charge on any atom is 0.435 e. The van der Waals surface area contributed by atoms with E-state index in [1.54, 1.807) is 37.3 Å². The number of aromatic nitrogens is 2. The molecule has 0 spiro atoms. The van der Waals surface area contributed by atoms with E-state index in [0.717, 1.165) is 5.56 Å². The number of nitrogens with one attached hydrogen (secondary N) is 1. The van der Waals surface area contributed by atoms with Crippen LogP contribution in [0.2, 0.25) is 0 Å². The Kier molecular flexibility index (Phi) is 3.66. The van der Waals surface area contributed by atoms with Gasteiger partial charge in [0.25, 0.3) is 0 Å². The van der Waals surface area contributed by atoms with Crippen molar-refractivity contribution < 1.29 is 13.2 Å². The van der Waals surface area contributed by atoms with E-state index in [0.29, 0.717) is 11.3 Å². The van der Waals surface area contributed by atoms with Gasteiger partial charge in [-0.1, -0.05) is 35.9 Å². The van der Waals surface area contributed by atoms with Gasteiger partial charge in [-0.3, -0.25) is 5.10 Å². The molecule has 1 aromatic carbocycles. The average molecular weight is 287 g/mol. The minimum atomic E-state index is -4.48. The fourth-order valence-corrected chi connectivity index (χ4v) is 1.97. The summed E-state index contributed by atoms with van der Waals surface area (Å²) in [5, 5.41) is 5.71. The van der Waals surface area contributed by atoms with E-state index in [2.05, 4.69) is 10.2 Å². The predicted octanol–water partition coefficient (Wildman–Crippen LogP) is 4.61. The highest BCUT2D eigenvalue weighted by atomic mass is 35.5. The van der Waals surface area contributed by atoms with Crippen molar-refractivity contribution in [3.63, 3.8) is 0 Å². The molecule has 19 heavy (non-hydrogen) atoms. The third kappa shape index (κ3) is 2.81. The first-order valence-electron chi connectivity index (χ1n) is 5.43. The first-order valence-corrected chi connectivity index (χ1v) is 5.86. The largest absolute Gasteiger partial charge is 0.435 e. The van der Waals surface area contributed by atoms with Crippen LogP contribution in [-0.4, -0.2) is 10.2 Å². The third-order valence-corrected chi connectivity index (χ3v) is 2.80. The van der Waals surface area contributed by atoms with Crippen LogP contribution >= 0.6 is 11.6 Å². The number of H-pyrrole nitrogens is 1. The monoisotopic (exact) mass is 286 g/mol. The topological polar surface area (TPSA) is 28.7 Å². The highest BCUT2D eigenvalue weighted by Crippen LogP contribution is 2.37. The molecule has 0 radical (unpaired) electrons. The fourth-order valence-electron chi connectivity index (χ4n) is 1.82. The first kappa shape index (κ1) is 13.7. The van der Waals surface area contributed by atoms with Gasteiger partial charge in [0.05, 0.1) is 0 Å². The Bertz CT molecular complexity index is 597. The maximum atomic E-state index is 12.8. The molecule has 2 rings (SSSR count). The smallest absolute Gasteiger partial charge is 0.282 e. The van der Waals surface area contributed by atoms with Crippen molar-refractivity contribution in [1.29, 1.82) is 0 Å². The second-order valence-corrected chi connectivity index (χ2v) is 4.24. The Morgan fingerprint density at radius 3 is 2.37 bits per heavy atom. The van der Waals surface area contributed by atoms with Crippen LogP contribution in [0.5, 0.6) is 0 Å². The summed E-state index contributed by atoms with van der Waals surface area (Å²) in [6, 6.07) is 6.61. The zero-order valence-corrected chi connectivity index (χ0v) is 10.7. The minimum Gasteiger partial charge on any atom is -0.282 e. The van der Waals surface area contributed by atoms with E-state index in [4.69, 9.17) is 11.6 Å². The van der Waals surface area contributed by atoms with Crippen LogP contribution in [0, 0.1) is 6.92 Å². The van der Waals surface area contributed by atoms with Gasteiger partial charge in [0.2, 0.25) is 0 Å². The van der Waals surface area contributed by atoms with Crippen LogP contribution in [0.1, 0.15) is 17.0 Å². The summed E-state index contributed by atoms with van der Waals surface area (Å²) in [6.07, 6.45) is -2.83. The van der Waals surface area contributed by atoms with Crippen molar-refractivity contribution in [3.05, 3.63) is 46.8 Å². The predicted molar refractivity (Wildman–Crippen MR) is 68.6 cm³/mol. The van der Waals surface area contributed by atoms with E-state index >= 15 is 0 Å². The molecule has 100 valence electrons. The van der Waals surface area contributed by atoms with Crippen LogP contribution in [0.4, 0.5) is 13.2 Å². The molecule has 0 aliphatic rings. The van der Waals surface area contributed by atoms with E-state index in [-0.39, 0.29) is 5.56 Å². The first-order chi connectivity index (χ1) is 8.93. The summed E-state index contributed by atoms with van der Waals surface area (Å²) >= 11 is 5.44. The standard InChI is InChI=1S/C13H10ClF3N2/c1-8-11(12(19-18-8)13(15,16)17)10-4-2-9(3-5-10)6-7-14/h2-7H,1H3,(H,18,19). The number of aromatic amines is 1.